The number of nitro groups is 1. The van der Waals surface area contributed by atoms with E-state index < -0.39 is 4.92 Å². The summed E-state index contributed by atoms with van der Waals surface area (Å²) in [5, 5.41) is 29.0. The third kappa shape index (κ3) is 2.53. The molecule has 2 aromatic rings. The Labute approximate surface area is 127 Å². The van der Waals surface area contributed by atoms with E-state index >= 15 is 0 Å². The molecule has 1 aromatic heterocycles. The second-order valence-corrected chi connectivity index (χ2v) is 4.70. The quantitative estimate of drug-likeness (QED) is 0.506. The number of anilines is 1. The summed E-state index contributed by atoms with van der Waals surface area (Å²) in [4.78, 5) is 14.4. The van der Waals surface area contributed by atoms with Gasteiger partial charge in [0.15, 0.2) is 0 Å². The number of pyridine rings is 1. The van der Waals surface area contributed by atoms with Crippen LogP contribution in [0.3, 0.4) is 0 Å². The Morgan fingerprint density at radius 1 is 1.29 bits per heavy atom. The third-order valence-electron chi connectivity index (χ3n) is 2.75. The molecule has 0 bridgehead atoms. The average molecular weight is 344 g/mol. The highest BCUT2D eigenvalue weighted by Gasteiger charge is 2.19. The maximum Gasteiger partial charge on any atom is 0.270 e. The summed E-state index contributed by atoms with van der Waals surface area (Å²) >= 11 is 3.11. The number of hydrogen-bond acceptors (Lipinski definition) is 6. The number of aromatic nitrogens is 1. The molecule has 0 aliphatic heterocycles. The van der Waals surface area contributed by atoms with Gasteiger partial charge in [-0.05, 0) is 15.9 Å². The van der Waals surface area contributed by atoms with Gasteiger partial charge in [0, 0.05) is 17.7 Å². The molecule has 21 heavy (non-hydrogen) atoms. The van der Waals surface area contributed by atoms with E-state index in [4.69, 9.17) is 11.0 Å². The topological polar surface area (TPSA) is 130 Å². The molecule has 0 fully saturated rings. The summed E-state index contributed by atoms with van der Waals surface area (Å²) in [6, 6.07) is 9.42. The highest BCUT2D eigenvalue weighted by molar-refractivity contribution is 9.10. The van der Waals surface area contributed by atoms with E-state index in [2.05, 4.69) is 20.9 Å². The van der Waals surface area contributed by atoms with Crippen molar-refractivity contribution in [3.63, 3.8) is 0 Å². The Morgan fingerprint density at radius 3 is 2.52 bits per heavy atom. The molecule has 8 heteroatoms. The van der Waals surface area contributed by atoms with Crippen molar-refractivity contribution in [2.45, 2.75) is 0 Å². The summed E-state index contributed by atoms with van der Waals surface area (Å²) in [6.45, 7) is 0. The van der Waals surface area contributed by atoms with Crippen molar-refractivity contribution in [2.75, 3.05) is 5.73 Å². The lowest BCUT2D eigenvalue weighted by Crippen LogP contribution is -2.02. The Bertz CT molecular complexity index is 836. The molecule has 0 radical (unpaired) electrons. The minimum absolute atomic E-state index is 0.00949. The lowest BCUT2D eigenvalue weighted by Gasteiger charge is -2.09. The fourth-order valence-corrected chi connectivity index (χ4v) is 2.25. The first kappa shape index (κ1) is 14.4. The first-order valence-corrected chi connectivity index (χ1v) is 6.33. The Balaban J connectivity index is 2.77. The van der Waals surface area contributed by atoms with Crippen LogP contribution in [0.4, 0.5) is 11.4 Å². The van der Waals surface area contributed by atoms with Crippen LogP contribution in [0.5, 0.6) is 0 Å². The fourth-order valence-electron chi connectivity index (χ4n) is 1.77. The SMILES string of the molecule is N#Cc1c(Br)nc(-c2cccc([N+](=O)[O-])c2)c(C#N)c1N. The van der Waals surface area contributed by atoms with Crippen molar-refractivity contribution in [3.05, 3.63) is 50.1 Å². The number of hydrogen-bond donors (Lipinski definition) is 1. The van der Waals surface area contributed by atoms with Gasteiger partial charge in [0.05, 0.1) is 16.3 Å². The van der Waals surface area contributed by atoms with Gasteiger partial charge in [-0.25, -0.2) is 4.98 Å². The summed E-state index contributed by atoms with van der Waals surface area (Å²) in [6.07, 6.45) is 0. The third-order valence-corrected chi connectivity index (χ3v) is 3.32. The first-order valence-electron chi connectivity index (χ1n) is 5.53. The van der Waals surface area contributed by atoms with Crippen LogP contribution < -0.4 is 5.73 Å². The van der Waals surface area contributed by atoms with Gasteiger partial charge in [0.25, 0.3) is 5.69 Å². The molecule has 0 aliphatic carbocycles. The van der Waals surface area contributed by atoms with Crippen molar-refractivity contribution >= 4 is 27.3 Å². The number of non-ortho nitro benzene ring substituents is 1. The molecule has 1 heterocycles. The number of nitrogens with two attached hydrogens (primary N) is 1. The van der Waals surface area contributed by atoms with Gasteiger partial charge in [-0.15, -0.1) is 0 Å². The maximum atomic E-state index is 10.8. The van der Waals surface area contributed by atoms with Crippen LogP contribution in [0.2, 0.25) is 0 Å². The molecule has 2 rings (SSSR count). The van der Waals surface area contributed by atoms with Gasteiger partial charge >= 0.3 is 0 Å². The molecule has 0 spiro atoms. The van der Waals surface area contributed by atoms with Gasteiger partial charge in [-0.3, -0.25) is 10.1 Å². The largest absolute Gasteiger partial charge is 0.396 e. The van der Waals surface area contributed by atoms with Crippen molar-refractivity contribution in [1.82, 2.24) is 4.98 Å². The van der Waals surface area contributed by atoms with Crippen molar-refractivity contribution < 1.29 is 4.92 Å². The molecule has 102 valence electrons. The zero-order valence-corrected chi connectivity index (χ0v) is 12.0. The average Bonchev–Trinajstić information content (AvgIpc) is 2.47. The smallest absolute Gasteiger partial charge is 0.270 e. The Morgan fingerprint density at radius 2 is 1.95 bits per heavy atom. The number of nitrogens with zero attached hydrogens (tertiary/aromatic N) is 4. The summed E-state index contributed by atoms with van der Waals surface area (Å²) in [7, 11) is 0. The number of nitrogen functional groups attached to an aromatic ring is 1. The molecule has 7 nitrogen and oxygen atoms in total. The van der Waals surface area contributed by atoms with E-state index in [1.165, 1.54) is 18.2 Å². The van der Waals surface area contributed by atoms with Crippen molar-refractivity contribution in [1.29, 1.82) is 10.5 Å². The van der Waals surface area contributed by atoms with E-state index in [1.54, 1.807) is 6.07 Å². The Kier molecular flexibility index (Phi) is 3.83. The monoisotopic (exact) mass is 343 g/mol. The van der Waals surface area contributed by atoms with E-state index in [1.807, 2.05) is 12.1 Å². The van der Waals surface area contributed by atoms with Gasteiger partial charge in [0.1, 0.15) is 27.9 Å². The highest BCUT2D eigenvalue weighted by Crippen LogP contribution is 2.32. The summed E-state index contributed by atoms with van der Waals surface area (Å²) in [5.74, 6) is 0. The second kappa shape index (κ2) is 5.57. The van der Waals surface area contributed by atoms with E-state index in [0.717, 1.165) is 0 Å². The van der Waals surface area contributed by atoms with Crippen LogP contribution in [-0.2, 0) is 0 Å². The lowest BCUT2D eigenvalue weighted by atomic mass is 10.0. The van der Waals surface area contributed by atoms with Crippen LogP contribution in [-0.4, -0.2) is 9.91 Å². The van der Waals surface area contributed by atoms with E-state index in [9.17, 15) is 15.4 Å². The standard InChI is InChI=1S/C13H6BrN5O2/c14-13-10(6-16)11(17)9(5-15)12(18-13)7-2-1-3-8(4-7)19(20)21/h1-4H,(H2,17,18). The maximum absolute atomic E-state index is 10.8. The predicted molar refractivity (Wildman–Crippen MR) is 77.9 cm³/mol. The van der Waals surface area contributed by atoms with Gasteiger partial charge < -0.3 is 5.73 Å². The van der Waals surface area contributed by atoms with Crippen LogP contribution in [0.15, 0.2) is 28.9 Å². The summed E-state index contributed by atoms with van der Waals surface area (Å²) < 4.78 is 0.183. The predicted octanol–water partition coefficient (Wildman–Crippen LogP) is 2.74. The molecule has 2 N–H and O–H groups in total. The van der Waals surface area contributed by atoms with Crippen molar-refractivity contribution in [2.24, 2.45) is 0 Å². The highest BCUT2D eigenvalue weighted by atomic mass is 79.9. The number of nitro benzene ring substituents is 1. The molecular weight excluding hydrogens is 338 g/mol. The molecule has 0 saturated heterocycles. The zero-order valence-electron chi connectivity index (χ0n) is 10.4. The van der Waals surface area contributed by atoms with E-state index in [0.29, 0.717) is 5.56 Å². The zero-order chi connectivity index (χ0) is 15.6. The lowest BCUT2D eigenvalue weighted by molar-refractivity contribution is -0.384. The van der Waals surface area contributed by atoms with Gasteiger partial charge in [0.2, 0.25) is 0 Å². The Hall–Kier alpha value is -2.97. The number of rotatable bonds is 2. The van der Waals surface area contributed by atoms with Crippen LogP contribution in [0.25, 0.3) is 11.3 Å². The molecule has 1 aromatic carbocycles. The number of nitriles is 2. The summed E-state index contributed by atoms with van der Waals surface area (Å²) in [5.41, 5.74) is 6.28. The molecule has 0 unspecified atom stereocenters. The molecule has 0 aliphatic rings. The molecule has 0 amide bonds. The normalized spacial score (nSPS) is 9.67. The molecule has 0 atom stereocenters. The number of benzene rings is 1. The number of halogens is 1. The minimum Gasteiger partial charge on any atom is -0.396 e. The molecular formula is C13H6BrN5O2. The van der Waals surface area contributed by atoms with Gasteiger partial charge in [-0.2, -0.15) is 10.5 Å². The van der Waals surface area contributed by atoms with E-state index in [-0.39, 0.29) is 32.8 Å². The van der Waals surface area contributed by atoms with Crippen LogP contribution in [0, 0.1) is 32.8 Å². The van der Waals surface area contributed by atoms with Crippen molar-refractivity contribution in [3.8, 4) is 23.4 Å². The van der Waals surface area contributed by atoms with Crippen LogP contribution in [0.1, 0.15) is 11.1 Å². The minimum atomic E-state index is -0.544. The molecule has 0 saturated carbocycles. The first-order chi connectivity index (χ1) is 9.99. The fraction of sp³-hybridized carbons (Fsp3) is 0. The van der Waals surface area contributed by atoms with Crippen LogP contribution >= 0.6 is 15.9 Å². The second-order valence-electron chi connectivity index (χ2n) is 3.95. The van der Waals surface area contributed by atoms with Gasteiger partial charge in [-0.1, -0.05) is 12.1 Å².